The highest BCUT2D eigenvalue weighted by molar-refractivity contribution is 7.99. The summed E-state index contributed by atoms with van der Waals surface area (Å²) in [6, 6.07) is 15.4. The number of carbonyl (C=O) groups is 1. The number of aromatic nitrogens is 3. The third-order valence-electron chi connectivity index (χ3n) is 3.96. The zero-order chi connectivity index (χ0) is 19.2. The van der Waals surface area contributed by atoms with Crippen molar-refractivity contribution in [2.24, 2.45) is 0 Å². The molecule has 0 unspecified atom stereocenters. The molecule has 0 saturated carbocycles. The summed E-state index contributed by atoms with van der Waals surface area (Å²) in [6.07, 6.45) is 0. The van der Waals surface area contributed by atoms with E-state index >= 15 is 0 Å². The van der Waals surface area contributed by atoms with Crippen LogP contribution in [0.1, 0.15) is 11.1 Å². The van der Waals surface area contributed by atoms with Crippen molar-refractivity contribution < 1.29 is 9.53 Å². The van der Waals surface area contributed by atoms with Crippen LogP contribution < -0.4 is 15.9 Å². The lowest BCUT2D eigenvalue weighted by atomic mass is 10.1. The fourth-order valence-corrected chi connectivity index (χ4v) is 3.09. The first-order valence-electron chi connectivity index (χ1n) is 8.37. The number of nitrogens with zero attached hydrogens (tertiary/aromatic N) is 3. The maximum absolute atomic E-state index is 12.1. The number of thioether (sulfide) groups is 1. The number of nitrogen functional groups attached to an aromatic ring is 1. The molecule has 0 bridgehead atoms. The number of carbonyl (C=O) groups excluding carboxylic acids is 1. The highest BCUT2D eigenvalue weighted by Gasteiger charge is 2.13. The number of ether oxygens (including phenoxy) is 1. The molecule has 0 atom stereocenters. The third kappa shape index (κ3) is 4.79. The Labute approximate surface area is 161 Å². The summed E-state index contributed by atoms with van der Waals surface area (Å²) in [5, 5.41) is 11.6. The van der Waals surface area contributed by atoms with Gasteiger partial charge in [-0.3, -0.25) is 4.79 Å². The Balaban J connectivity index is 1.53. The second-order valence-corrected chi connectivity index (χ2v) is 6.90. The number of nitrogens with one attached hydrogen (secondary N) is 1. The Kier molecular flexibility index (Phi) is 5.97. The normalized spacial score (nSPS) is 10.6. The van der Waals surface area contributed by atoms with E-state index < -0.39 is 0 Å². The average molecular weight is 383 g/mol. The van der Waals surface area contributed by atoms with Crippen LogP contribution in [0.15, 0.2) is 53.7 Å². The van der Waals surface area contributed by atoms with Gasteiger partial charge < -0.3 is 15.9 Å². The largest absolute Gasteiger partial charge is 0.497 e. The molecule has 2 aromatic carbocycles. The quantitative estimate of drug-likeness (QED) is 0.480. The molecule has 1 heterocycles. The molecule has 7 nitrogen and oxygen atoms in total. The number of hydrogen-bond donors (Lipinski definition) is 2. The lowest BCUT2D eigenvalue weighted by Gasteiger charge is -2.06. The first-order chi connectivity index (χ1) is 13.1. The molecule has 1 amide bonds. The van der Waals surface area contributed by atoms with E-state index in [2.05, 4.69) is 15.5 Å². The number of benzene rings is 2. The smallest absolute Gasteiger partial charge is 0.230 e. The molecule has 140 valence electrons. The van der Waals surface area contributed by atoms with E-state index in [0.29, 0.717) is 17.5 Å². The number of methoxy groups -OCH3 is 1. The molecule has 1 aromatic heterocycles. The van der Waals surface area contributed by atoms with E-state index in [1.165, 1.54) is 16.4 Å². The Bertz CT molecular complexity index is 907. The SMILES string of the molecule is COc1ccc(CNC(=O)CSc2nnc(-c3ccc(C)cc3)n2N)cc1. The Hall–Kier alpha value is -3.00. The Morgan fingerprint density at radius 2 is 1.85 bits per heavy atom. The number of aryl methyl sites for hydroxylation is 1. The molecule has 0 spiro atoms. The molecule has 8 heteroatoms. The van der Waals surface area contributed by atoms with E-state index in [0.717, 1.165) is 22.4 Å². The van der Waals surface area contributed by atoms with E-state index in [1.54, 1.807) is 7.11 Å². The maximum atomic E-state index is 12.1. The molecule has 0 saturated heterocycles. The third-order valence-corrected chi connectivity index (χ3v) is 4.90. The summed E-state index contributed by atoms with van der Waals surface area (Å²) in [7, 11) is 1.62. The van der Waals surface area contributed by atoms with Gasteiger partial charge in [-0.1, -0.05) is 53.7 Å². The van der Waals surface area contributed by atoms with Gasteiger partial charge in [-0.2, -0.15) is 0 Å². The van der Waals surface area contributed by atoms with Gasteiger partial charge in [-0.25, -0.2) is 4.68 Å². The standard InChI is InChI=1S/C19H21N5O2S/c1-13-3-7-15(8-4-13)18-22-23-19(24(18)20)27-12-17(25)21-11-14-5-9-16(26-2)10-6-14/h3-10H,11-12,20H2,1-2H3,(H,21,25). The summed E-state index contributed by atoms with van der Waals surface area (Å²) in [5.41, 5.74) is 3.04. The fourth-order valence-electron chi connectivity index (χ4n) is 2.40. The fraction of sp³-hybridized carbons (Fsp3) is 0.211. The minimum absolute atomic E-state index is 0.101. The first kappa shape index (κ1) is 18.8. The van der Waals surface area contributed by atoms with E-state index in [1.807, 2.05) is 55.5 Å². The van der Waals surface area contributed by atoms with Crippen LogP contribution in [-0.2, 0) is 11.3 Å². The van der Waals surface area contributed by atoms with Crippen LogP contribution in [0, 0.1) is 6.92 Å². The van der Waals surface area contributed by atoms with Crippen LogP contribution in [-0.4, -0.2) is 33.6 Å². The number of rotatable bonds is 7. The summed E-state index contributed by atoms with van der Waals surface area (Å²) < 4.78 is 6.52. The molecular formula is C19H21N5O2S. The molecule has 3 aromatic rings. The van der Waals surface area contributed by atoms with E-state index in [-0.39, 0.29) is 11.7 Å². The van der Waals surface area contributed by atoms with Crippen molar-refractivity contribution in [2.75, 3.05) is 18.7 Å². The van der Waals surface area contributed by atoms with Crippen molar-refractivity contribution in [3.8, 4) is 17.1 Å². The molecule has 0 aliphatic rings. The average Bonchev–Trinajstić information content (AvgIpc) is 3.06. The first-order valence-corrected chi connectivity index (χ1v) is 9.35. The second kappa shape index (κ2) is 8.59. The Morgan fingerprint density at radius 3 is 2.52 bits per heavy atom. The van der Waals surface area contributed by atoms with Crippen LogP contribution in [0.25, 0.3) is 11.4 Å². The lowest BCUT2D eigenvalue weighted by molar-refractivity contribution is -0.118. The zero-order valence-electron chi connectivity index (χ0n) is 15.2. The molecule has 0 aliphatic heterocycles. The van der Waals surface area contributed by atoms with Crippen molar-refractivity contribution in [3.05, 3.63) is 59.7 Å². The minimum atomic E-state index is -0.101. The van der Waals surface area contributed by atoms with Crippen molar-refractivity contribution in [2.45, 2.75) is 18.6 Å². The van der Waals surface area contributed by atoms with Gasteiger partial charge in [0, 0.05) is 12.1 Å². The number of hydrogen-bond acceptors (Lipinski definition) is 6. The topological polar surface area (TPSA) is 95.1 Å². The lowest BCUT2D eigenvalue weighted by Crippen LogP contribution is -2.25. The summed E-state index contributed by atoms with van der Waals surface area (Å²) in [5.74, 6) is 7.54. The summed E-state index contributed by atoms with van der Waals surface area (Å²) >= 11 is 1.25. The molecule has 27 heavy (non-hydrogen) atoms. The molecule has 3 rings (SSSR count). The van der Waals surface area contributed by atoms with Crippen LogP contribution in [0.2, 0.25) is 0 Å². The van der Waals surface area contributed by atoms with Gasteiger partial charge in [0.2, 0.25) is 11.1 Å². The van der Waals surface area contributed by atoms with Crippen molar-refractivity contribution in [3.63, 3.8) is 0 Å². The van der Waals surface area contributed by atoms with Crippen molar-refractivity contribution >= 4 is 17.7 Å². The van der Waals surface area contributed by atoms with Gasteiger partial charge in [-0.05, 0) is 24.6 Å². The zero-order valence-corrected chi connectivity index (χ0v) is 16.0. The number of nitrogens with two attached hydrogens (primary N) is 1. The highest BCUT2D eigenvalue weighted by Crippen LogP contribution is 2.21. The molecular weight excluding hydrogens is 362 g/mol. The highest BCUT2D eigenvalue weighted by atomic mass is 32.2. The second-order valence-electron chi connectivity index (χ2n) is 5.96. The van der Waals surface area contributed by atoms with Gasteiger partial charge in [0.15, 0.2) is 5.82 Å². The predicted molar refractivity (Wildman–Crippen MR) is 106 cm³/mol. The molecule has 0 aliphatic carbocycles. The monoisotopic (exact) mass is 383 g/mol. The van der Waals surface area contributed by atoms with Gasteiger partial charge in [0.25, 0.3) is 0 Å². The minimum Gasteiger partial charge on any atom is -0.497 e. The molecule has 0 fully saturated rings. The van der Waals surface area contributed by atoms with Crippen LogP contribution >= 0.6 is 11.8 Å². The van der Waals surface area contributed by atoms with E-state index in [9.17, 15) is 4.79 Å². The van der Waals surface area contributed by atoms with Gasteiger partial charge in [-0.15, -0.1) is 10.2 Å². The van der Waals surface area contributed by atoms with Gasteiger partial charge in [0.05, 0.1) is 12.9 Å². The van der Waals surface area contributed by atoms with Gasteiger partial charge in [0.1, 0.15) is 5.75 Å². The van der Waals surface area contributed by atoms with Crippen molar-refractivity contribution in [1.29, 1.82) is 0 Å². The van der Waals surface area contributed by atoms with Crippen LogP contribution in [0.3, 0.4) is 0 Å². The predicted octanol–water partition coefficient (Wildman–Crippen LogP) is 2.38. The Morgan fingerprint density at radius 1 is 1.15 bits per heavy atom. The molecule has 0 radical (unpaired) electrons. The maximum Gasteiger partial charge on any atom is 0.230 e. The summed E-state index contributed by atoms with van der Waals surface area (Å²) in [6.45, 7) is 2.47. The van der Waals surface area contributed by atoms with Crippen molar-refractivity contribution in [1.82, 2.24) is 20.2 Å². The molecule has 3 N–H and O–H groups in total. The van der Waals surface area contributed by atoms with Crippen LogP contribution in [0.5, 0.6) is 5.75 Å². The number of amides is 1. The van der Waals surface area contributed by atoms with Crippen LogP contribution in [0.4, 0.5) is 0 Å². The van der Waals surface area contributed by atoms with E-state index in [4.69, 9.17) is 10.6 Å². The van der Waals surface area contributed by atoms with Gasteiger partial charge >= 0.3 is 0 Å². The summed E-state index contributed by atoms with van der Waals surface area (Å²) in [4.78, 5) is 12.1.